The van der Waals surface area contributed by atoms with Crippen LogP contribution in [0.1, 0.15) is 38.8 Å². The van der Waals surface area contributed by atoms with Gasteiger partial charge in [0.1, 0.15) is 4.75 Å². The maximum atomic E-state index is 12.2. The fourth-order valence-corrected chi connectivity index (χ4v) is 3.41. The van der Waals surface area contributed by atoms with E-state index in [4.69, 9.17) is 23.2 Å². The average Bonchev–Trinajstić information content (AvgIpc) is 2.28. The summed E-state index contributed by atoms with van der Waals surface area (Å²) in [5.74, 6) is 0. The Balaban J connectivity index is 2.27. The summed E-state index contributed by atoms with van der Waals surface area (Å²) in [5.41, 5.74) is 1.88. The second-order valence-electron chi connectivity index (χ2n) is 5.62. The minimum Gasteiger partial charge on any atom is -0.598 e. The molecule has 0 aliphatic carbocycles. The monoisotopic (exact) mass is 320 g/mol. The van der Waals surface area contributed by atoms with Crippen molar-refractivity contribution in [2.45, 2.75) is 38.0 Å². The third-order valence-electron chi connectivity index (χ3n) is 3.00. The first kappa shape index (κ1) is 15.3. The SMILES string of the molecule is CC(C)(C)[S@@+]([O-])N[C@@H]1CCNc2c(Cl)cc(Cl)cc21. The lowest BCUT2D eigenvalue weighted by Gasteiger charge is -2.32. The van der Waals surface area contributed by atoms with Gasteiger partial charge in [0.25, 0.3) is 0 Å². The molecule has 0 bridgehead atoms. The first-order valence-electron chi connectivity index (χ1n) is 6.20. The van der Waals surface area contributed by atoms with Crippen molar-refractivity contribution < 1.29 is 4.55 Å². The highest BCUT2D eigenvalue weighted by atomic mass is 35.5. The summed E-state index contributed by atoms with van der Waals surface area (Å²) >= 11 is 11.1. The number of halogens is 2. The standard InChI is InChI=1S/C13H18Cl2N2OS/c1-13(2,3)19(18)17-11-4-5-16-12-9(11)6-8(14)7-10(12)15/h6-7,11,16-17H,4-5H2,1-3H3/t11-,19-/m1/s1. The summed E-state index contributed by atoms with van der Waals surface area (Å²) < 4.78 is 15.1. The van der Waals surface area contributed by atoms with Gasteiger partial charge in [-0.2, -0.15) is 0 Å². The first-order chi connectivity index (χ1) is 8.79. The molecule has 2 atom stereocenters. The third kappa shape index (κ3) is 3.50. The Bertz CT molecular complexity index is 476. The van der Waals surface area contributed by atoms with Crippen molar-refractivity contribution >= 4 is 40.3 Å². The predicted octanol–water partition coefficient (Wildman–Crippen LogP) is 3.90. The van der Waals surface area contributed by atoms with Crippen LogP contribution >= 0.6 is 23.2 Å². The lowest BCUT2D eigenvalue weighted by molar-refractivity contribution is 0.512. The molecular weight excluding hydrogens is 303 g/mol. The molecular formula is C13H18Cl2N2OS. The molecule has 19 heavy (non-hydrogen) atoms. The van der Waals surface area contributed by atoms with Crippen LogP contribution < -0.4 is 10.0 Å². The van der Waals surface area contributed by atoms with E-state index in [1.165, 1.54) is 0 Å². The van der Waals surface area contributed by atoms with Gasteiger partial charge in [-0.25, -0.2) is 0 Å². The smallest absolute Gasteiger partial charge is 0.136 e. The molecule has 1 aliphatic rings. The maximum absolute atomic E-state index is 12.2. The highest BCUT2D eigenvalue weighted by Gasteiger charge is 2.32. The first-order valence-corrected chi connectivity index (χ1v) is 8.10. The van der Waals surface area contributed by atoms with Gasteiger partial charge in [0.2, 0.25) is 0 Å². The molecule has 0 spiro atoms. The van der Waals surface area contributed by atoms with E-state index in [9.17, 15) is 4.55 Å². The van der Waals surface area contributed by atoms with Crippen LogP contribution in [0.3, 0.4) is 0 Å². The van der Waals surface area contributed by atoms with Gasteiger partial charge in [0.05, 0.1) is 16.8 Å². The van der Waals surface area contributed by atoms with E-state index in [1.807, 2.05) is 26.8 Å². The third-order valence-corrected chi connectivity index (χ3v) is 5.13. The molecule has 3 nitrogen and oxygen atoms in total. The van der Waals surface area contributed by atoms with Crippen molar-refractivity contribution in [1.82, 2.24) is 4.72 Å². The number of fused-ring (bicyclic) bond motifs is 1. The van der Waals surface area contributed by atoms with Crippen molar-refractivity contribution in [3.63, 3.8) is 0 Å². The van der Waals surface area contributed by atoms with Crippen LogP contribution in [-0.2, 0) is 11.4 Å². The molecule has 0 radical (unpaired) electrons. The summed E-state index contributed by atoms with van der Waals surface area (Å²) in [5, 5.41) is 4.48. The highest BCUT2D eigenvalue weighted by molar-refractivity contribution is 7.90. The molecule has 1 aromatic carbocycles. The lowest BCUT2D eigenvalue weighted by Crippen LogP contribution is -2.42. The number of hydrogen-bond donors (Lipinski definition) is 2. The minimum absolute atomic E-state index is 0.00695. The normalized spacial score (nSPS) is 20.6. The molecule has 0 fully saturated rings. The molecule has 6 heteroatoms. The van der Waals surface area contributed by atoms with E-state index in [-0.39, 0.29) is 10.8 Å². The minimum atomic E-state index is -1.12. The second-order valence-corrected chi connectivity index (χ2v) is 8.46. The molecule has 0 amide bonds. The van der Waals surface area contributed by atoms with Crippen LogP contribution in [0.5, 0.6) is 0 Å². The molecule has 1 heterocycles. The van der Waals surface area contributed by atoms with Gasteiger partial charge in [-0.05, 0) is 44.9 Å². The van der Waals surface area contributed by atoms with Crippen molar-refractivity contribution in [2.75, 3.05) is 11.9 Å². The van der Waals surface area contributed by atoms with Gasteiger partial charge in [0, 0.05) is 22.9 Å². The van der Waals surface area contributed by atoms with Crippen LogP contribution in [0.4, 0.5) is 5.69 Å². The topological polar surface area (TPSA) is 47.1 Å². The Morgan fingerprint density at radius 2 is 2.05 bits per heavy atom. The van der Waals surface area contributed by atoms with Crippen molar-refractivity contribution in [3.8, 4) is 0 Å². The molecule has 0 saturated carbocycles. The zero-order chi connectivity index (χ0) is 14.2. The van der Waals surface area contributed by atoms with Gasteiger partial charge in [-0.15, -0.1) is 4.72 Å². The number of nitrogens with one attached hydrogen (secondary N) is 2. The van der Waals surface area contributed by atoms with E-state index in [1.54, 1.807) is 6.07 Å². The van der Waals surface area contributed by atoms with Gasteiger partial charge >= 0.3 is 0 Å². The molecule has 1 aromatic rings. The quantitative estimate of drug-likeness (QED) is 0.812. The van der Waals surface area contributed by atoms with Crippen LogP contribution in [-0.4, -0.2) is 15.8 Å². The van der Waals surface area contributed by atoms with E-state index >= 15 is 0 Å². The summed E-state index contributed by atoms with van der Waals surface area (Å²) in [6, 6.07) is 3.61. The van der Waals surface area contributed by atoms with Crippen LogP contribution in [0, 0.1) is 0 Å². The maximum Gasteiger partial charge on any atom is 0.136 e. The number of rotatable bonds is 2. The number of benzene rings is 1. The number of anilines is 1. The Morgan fingerprint density at radius 1 is 1.37 bits per heavy atom. The average molecular weight is 321 g/mol. The van der Waals surface area contributed by atoms with Crippen molar-refractivity contribution in [3.05, 3.63) is 27.7 Å². The van der Waals surface area contributed by atoms with Gasteiger partial charge in [-0.1, -0.05) is 23.2 Å². The second kappa shape index (κ2) is 5.70. The Hall–Kier alpha value is -0.130. The predicted molar refractivity (Wildman–Crippen MR) is 83.3 cm³/mol. The summed E-state index contributed by atoms with van der Waals surface area (Å²) in [6.45, 7) is 6.64. The van der Waals surface area contributed by atoms with Gasteiger partial charge < -0.3 is 9.87 Å². The largest absolute Gasteiger partial charge is 0.598 e. The Labute approximate surface area is 127 Å². The molecule has 106 valence electrons. The summed E-state index contributed by atoms with van der Waals surface area (Å²) in [4.78, 5) is 0. The summed E-state index contributed by atoms with van der Waals surface area (Å²) in [6.07, 6.45) is 0.853. The van der Waals surface area contributed by atoms with Crippen LogP contribution in [0.15, 0.2) is 12.1 Å². The lowest BCUT2D eigenvalue weighted by atomic mass is 9.99. The Morgan fingerprint density at radius 3 is 2.68 bits per heavy atom. The molecule has 0 unspecified atom stereocenters. The fourth-order valence-electron chi connectivity index (χ4n) is 1.98. The molecule has 2 rings (SSSR count). The van der Waals surface area contributed by atoms with Gasteiger partial charge in [-0.3, -0.25) is 0 Å². The van der Waals surface area contributed by atoms with Crippen molar-refractivity contribution in [2.24, 2.45) is 0 Å². The fraction of sp³-hybridized carbons (Fsp3) is 0.538. The van der Waals surface area contributed by atoms with E-state index < -0.39 is 11.4 Å². The summed E-state index contributed by atoms with van der Waals surface area (Å²) in [7, 11) is 0. The van der Waals surface area contributed by atoms with Gasteiger partial charge in [0.15, 0.2) is 0 Å². The van der Waals surface area contributed by atoms with Crippen LogP contribution in [0.25, 0.3) is 0 Å². The zero-order valence-electron chi connectivity index (χ0n) is 11.2. The van der Waals surface area contributed by atoms with E-state index in [2.05, 4.69) is 10.0 Å². The molecule has 1 aliphatic heterocycles. The van der Waals surface area contributed by atoms with Crippen molar-refractivity contribution in [1.29, 1.82) is 0 Å². The molecule has 0 saturated heterocycles. The Kier molecular flexibility index (Phi) is 4.58. The van der Waals surface area contributed by atoms with Crippen LogP contribution in [0.2, 0.25) is 10.0 Å². The van der Waals surface area contributed by atoms with E-state index in [0.29, 0.717) is 10.0 Å². The zero-order valence-corrected chi connectivity index (χ0v) is 13.5. The van der Waals surface area contributed by atoms with E-state index in [0.717, 1.165) is 24.2 Å². The number of hydrogen-bond acceptors (Lipinski definition) is 3. The highest BCUT2D eigenvalue weighted by Crippen LogP contribution is 2.38. The molecule has 2 N–H and O–H groups in total. The molecule has 0 aromatic heterocycles.